The second-order valence-corrected chi connectivity index (χ2v) is 29.2. The van der Waals surface area contributed by atoms with Crippen LogP contribution < -0.4 is 26.2 Å². The summed E-state index contributed by atoms with van der Waals surface area (Å²) < 4.78 is 19.5. The molecule has 0 spiro atoms. The van der Waals surface area contributed by atoms with Crippen molar-refractivity contribution < 1.29 is 2.74 Å². The molecule has 0 radical (unpaired) electrons. The molecule has 2 heterocycles. The molecule has 3 heteroatoms. The summed E-state index contributed by atoms with van der Waals surface area (Å²) in [5, 5.41) is 0. The van der Waals surface area contributed by atoms with Gasteiger partial charge in [-0.2, -0.15) is 0 Å². The molecule has 2 aliphatic heterocycles. The van der Waals surface area contributed by atoms with Crippen LogP contribution in [0, 0.1) is 0 Å². The van der Waals surface area contributed by atoms with Gasteiger partial charge in [0.1, 0.15) is 0 Å². The summed E-state index contributed by atoms with van der Waals surface area (Å²) in [7, 11) is 0. The molecular weight excluding hydrogens is 1100 g/mol. The Morgan fingerprint density at radius 3 is 0.879 bits per heavy atom. The molecule has 0 amide bonds. The molecule has 91 heavy (non-hydrogen) atoms. The van der Waals surface area contributed by atoms with Crippen LogP contribution in [0.25, 0.3) is 77.9 Å². The molecule has 446 valence electrons. The van der Waals surface area contributed by atoms with Crippen molar-refractivity contribution in [2.24, 2.45) is 0 Å². The Labute approximate surface area is 544 Å². The van der Waals surface area contributed by atoms with E-state index in [1.807, 2.05) is 0 Å². The van der Waals surface area contributed by atoms with Gasteiger partial charge in [-0.05, 0) is 140 Å². The highest BCUT2D eigenvalue weighted by atomic mass is 15.2. The Hall–Kier alpha value is -9.70. The van der Waals surface area contributed by atoms with Gasteiger partial charge in [0.15, 0.2) is 0 Å². The van der Waals surface area contributed by atoms with E-state index in [1.54, 1.807) is 0 Å². The van der Waals surface area contributed by atoms with Crippen molar-refractivity contribution in [3.8, 4) is 77.9 Å². The predicted octanol–water partition coefficient (Wildman–Crippen LogP) is 22.6. The molecular formula is C88H81BN2. The van der Waals surface area contributed by atoms with E-state index in [1.165, 1.54) is 49.8 Å². The van der Waals surface area contributed by atoms with E-state index in [-0.39, 0.29) is 28.4 Å². The van der Waals surface area contributed by atoms with Gasteiger partial charge in [-0.25, -0.2) is 0 Å². The minimum atomic E-state index is -0.261. The van der Waals surface area contributed by atoms with E-state index < -0.39 is 0 Å². The van der Waals surface area contributed by atoms with E-state index in [2.05, 4.69) is 354 Å². The molecule has 0 bridgehead atoms. The predicted molar refractivity (Wildman–Crippen MR) is 393 cm³/mol. The van der Waals surface area contributed by atoms with Gasteiger partial charge >= 0.3 is 0 Å². The normalized spacial score (nSPS) is 13.3. The second-order valence-electron chi connectivity index (χ2n) is 29.2. The molecule has 0 unspecified atom stereocenters. The van der Waals surface area contributed by atoms with Crippen molar-refractivity contribution in [1.29, 1.82) is 0 Å². The van der Waals surface area contributed by atoms with Crippen LogP contribution in [0.2, 0.25) is 0 Å². The molecule has 0 N–H and O–H groups in total. The van der Waals surface area contributed by atoms with Crippen LogP contribution >= 0.6 is 0 Å². The molecule has 0 saturated heterocycles. The molecule has 0 fully saturated rings. The van der Waals surface area contributed by atoms with Gasteiger partial charge in [0, 0.05) is 45.0 Å². The van der Waals surface area contributed by atoms with E-state index in [9.17, 15) is 2.74 Å². The topological polar surface area (TPSA) is 6.48 Å². The maximum Gasteiger partial charge on any atom is 0.252 e. The molecule has 0 aromatic heterocycles. The molecule has 14 rings (SSSR count). The zero-order chi connectivity index (χ0) is 64.9. The number of benzene rings is 12. The van der Waals surface area contributed by atoms with Crippen LogP contribution in [-0.4, -0.2) is 6.71 Å². The molecule has 0 aliphatic carbocycles. The number of anilines is 6. The van der Waals surface area contributed by atoms with E-state index >= 15 is 0 Å². The Kier molecular flexibility index (Phi) is 14.1. The molecule has 2 nitrogen and oxygen atoms in total. The van der Waals surface area contributed by atoms with Gasteiger partial charge in [0.2, 0.25) is 0 Å². The van der Waals surface area contributed by atoms with Gasteiger partial charge in [-0.1, -0.05) is 332 Å². The fourth-order valence-electron chi connectivity index (χ4n) is 14.2. The quantitative estimate of drug-likeness (QED) is 0.133. The lowest BCUT2D eigenvalue weighted by atomic mass is 9.33. The average Bonchev–Trinajstić information content (AvgIpc) is 0.688. The third-order valence-electron chi connectivity index (χ3n) is 18.9. The van der Waals surface area contributed by atoms with Gasteiger partial charge in [-0.15, -0.1) is 0 Å². The third kappa shape index (κ3) is 10.7. The number of rotatable bonds is 9. The Morgan fingerprint density at radius 2 is 0.571 bits per heavy atom. The van der Waals surface area contributed by atoms with Crippen molar-refractivity contribution in [3.63, 3.8) is 0 Å². The van der Waals surface area contributed by atoms with Crippen molar-refractivity contribution in [2.45, 2.75) is 105 Å². The van der Waals surface area contributed by atoms with Crippen molar-refractivity contribution in [2.75, 3.05) is 9.80 Å². The van der Waals surface area contributed by atoms with Crippen molar-refractivity contribution >= 4 is 57.2 Å². The fourth-order valence-corrected chi connectivity index (χ4v) is 14.2. The van der Waals surface area contributed by atoms with Crippen molar-refractivity contribution in [3.05, 3.63) is 295 Å². The second kappa shape index (κ2) is 22.7. The molecule has 12 aromatic rings. The van der Waals surface area contributed by atoms with E-state index in [4.69, 9.17) is 0 Å². The molecule has 0 atom stereocenters. The van der Waals surface area contributed by atoms with Crippen LogP contribution in [0.1, 0.15) is 108 Å². The van der Waals surface area contributed by atoms with Crippen LogP contribution in [-0.2, 0) is 21.7 Å². The zero-order valence-corrected chi connectivity index (χ0v) is 54.8. The molecule has 12 aromatic carbocycles. The highest BCUT2D eigenvalue weighted by Gasteiger charge is 2.46. The lowest BCUT2D eigenvalue weighted by Gasteiger charge is -2.46. The Morgan fingerprint density at radius 1 is 0.264 bits per heavy atom. The van der Waals surface area contributed by atoms with Gasteiger partial charge in [-0.3, -0.25) is 0 Å². The minimum Gasteiger partial charge on any atom is -0.310 e. The SMILES string of the molecule is [2H]c1cc(-c2ccccc2)c(N2c3cc(-c4ccc(C(C)(C)C)cc4C(C)(C)C)ccc3B3c4ccc(-c5ccc(C(C)(C)C)cc5C(C)(C)C)cc4N(c4c(-c5ccccc5)cc([2H])cc4-c4ccccc4)c4cc(-c5ccccc5)cc2c43)c(-c2ccccc2)c1. The first-order valence-corrected chi connectivity index (χ1v) is 32.4. The monoisotopic (exact) mass is 1180 g/mol. The summed E-state index contributed by atoms with van der Waals surface area (Å²) in [6.07, 6.45) is 0. The Balaban J connectivity index is 1.18. The number of hydrogen-bond acceptors (Lipinski definition) is 2. The van der Waals surface area contributed by atoms with E-state index in [0.717, 1.165) is 101 Å². The lowest BCUT2D eigenvalue weighted by Crippen LogP contribution is -2.61. The largest absolute Gasteiger partial charge is 0.310 e. The van der Waals surface area contributed by atoms with Crippen LogP contribution in [0.3, 0.4) is 0 Å². The van der Waals surface area contributed by atoms with Crippen molar-refractivity contribution in [1.82, 2.24) is 0 Å². The first-order valence-electron chi connectivity index (χ1n) is 33.4. The zero-order valence-electron chi connectivity index (χ0n) is 56.8. The van der Waals surface area contributed by atoms with E-state index in [0.29, 0.717) is 12.1 Å². The number of hydrogen-bond donors (Lipinski definition) is 0. The highest BCUT2D eigenvalue weighted by molar-refractivity contribution is 7.00. The highest BCUT2D eigenvalue weighted by Crippen LogP contribution is 2.55. The van der Waals surface area contributed by atoms with Gasteiger partial charge in [0.05, 0.1) is 14.1 Å². The maximum atomic E-state index is 9.74. The summed E-state index contributed by atoms with van der Waals surface area (Å²) >= 11 is 0. The summed E-state index contributed by atoms with van der Waals surface area (Å²) in [6.45, 7) is 27.7. The number of nitrogens with zero attached hydrogens (tertiary/aromatic N) is 2. The standard InChI is InChI=1S/C88H81BN2/c1-85(2,3)66-46-48-68(74(56-66)87(7,8)9)63-44-50-76-78(52-63)90(83-70(59-32-20-14-21-33-59)40-28-41-71(83)60-34-22-15-23-35-60)80-54-65(58-30-18-13-19-31-58)55-81-82(80)89(76)77-51-45-64(69-49-47-67(86(4,5)6)57-75(69)88(10,11)12)53-79(77)91(81)84-72(61-36-24-16-25-37-61)42-29-43-73(84)62-38-26-17-27-39-62/h13-57H,1-12H3/i28D,29D. The first-order chi connectivity index (χ1) is 44.5. The van der Waals surface area contributed by atoms with Crippen LogP contribution in [0.15, 0.2) is 273 Å². The maximum absolute atomic E-state index is 9.74. The summed E-state index contributed by atoms with van der Waals surface area (Å²) in [4.78, 5) is 5.19. The molecule has 2 aliphatic rings. The fraction of sp³-hybridized carbons (Fsp3) is 0.182. The summed E-state index contributed by atoms with van der Waals surface area (Å²) in [6, 6.07) is 96.9. The minimum absolute atomic E-state index is 0.0476. The smallest absolute Gasteiger partial charge is 0.252 e. The lowest BCUT2D eigenvalue weighted by molar-refractivity contribution is 0.569. The third-order valence-corrected chi connectivity index (χ3v) is 18.9. The number of para-hydroxylation sites is 2. The Bertz CT molecular complexity index is 4430. The number of fused-ring (bicyclic) bond motifs is 4. The first kappa shape index (κ1) is 56.5. The van der Waals surface area contributed by atoms with Gasteiger partial charge in [0.25, 0.3) is 6.71 Å². The van der Waals surface area contributed by atoms with Crippen LogP contribution in [0.4, 0.5) is 34.1 Å². The molecule has 0 saturated carbocycles. The van der Waals surface area contributed by atoms with Crippen LogP contribution in [0.5, 0.6) is 0 Å². The summed E-state index contributed by atoms with van der Waals surface area (Å²) in [5.74, 6) is 0. The average molecular weight is 1180 g/mol. The summed E-state index contributed by atoms with van der Waals surface area (Å²) in [5.41, 5.74) is 29.4. The van der Waals surface area contributed by atoms with Gasteiger partial charge < -0.3 is 9.80 Å².